The molecule has 5 nitrogen and oxygen atoms in total. The van der Waals surface area contributed by atoms with Crippen molar-refractivity contribution in [1.29, 1.82) is 0 Å². The van der Waals surface area contributed by atoms with Crippen LogP contribution in [0.4, 0.5) is 0 Å². The summed E-state index contributed by atoms with van der Waals surface area (Å²) in [7, 11) is 3.20. The molecule has 3 rings (SSSR count). The van der Waals surface area contributed by atoms with Crippen molar-refractivity contribution in [3.05, 3.63) is 53.6 Å². The highest BCUT2D eigenvalue weighted by atomic mass is 32.2. The van der Waals surface area contributed by atoms with E-state index < -0.39 is 0 Å². The van der Waals surface area contributed by atoms with Gasteiger partial charge in [-0.1, -0.05) is 41.6 Å². The van der Waals surface area contributed by atoms with Crippen LogP contribution in [0.2, 0.25) is 0 Å². The first-order chi connectivity index (χ1) is 11.7. The first-order valence-corrected chi connectivity index (χ1v) is 8.42. The minimum atomic E-state index is 0.461. The predicted molar refractivity (Wildman–Crippen MR) is 93.6 cm³/mol. The van der Waals surface area contributed by atoms with Gasteiger partial charge in [0.2, 0.25) is 5.89 Å². The molecule has 0 N–H and O–H groups in total. The van der Waals surface area contributed by atoms with Gasteiger partial charge in [0.1, 0.15) is 0 Å². The van der Waals surface area contributed by atoms with Gasteiger partial charge in [-0.05, 0) is 30.7 Å². The van der Waals surface area contributed by atoms with E-state index >= 15 is 0 Å². The van der Waals surface area contributed by atoms with E-state index in [1.54, 1.807) is 14.2 Å². The number of aryl methyl sites for hydroxylation is 1. The van der Waals surface area contributed by atoms with E-state index in [0.29, 0.717) is 22.6 Å². The molecule has 2 aromatic carbocycles. The fraction of sp³-hybridized carbons (Fsp3) is 0.222. The van der Waals surface area contributed by atoms with E-state index in [-0.39, 0.29) is 0 Å². The highest BCUT2D eigenvalue weighted by Gasteiger charge is 2.12. The Morgan fingerprint density at radius 2 is 1.83 bits per heavy atom. The third kappa shape index (κ3) is 3.71. The second-order valence-electron chi connectivity index (χ2n) is 5.22. The molecule has 0 aliphatic rings. The van der Waals surface area contributed by atoms with E-state index in [0.717, 1.165) is 11.3 Å². The number of ether oxygens (including phenoxy) is 2. The van der Waals surface area contributed by atoms with Crippen LogP contribution in [0.3, 0.4) is 0 Å². The number of hydrogen-bond donors (Lipinski definition) is 0. The van der Waals surface area contributed by atoms with Crippen molar-refractivity contribution in [3.8, 4) is 23.0 Å². The van der Waals surface area contributed by atoms with Gasteiger partial charge < -0.3 is 13.9 Å². The average molecular weight is 342 g/mol. The largest absolute Gasteiger partial charge is 0.493 e. The maximum Gasteiger partial charge on any atom is 0.277 e. The minimum absolute atomic E-state index is 0.461. The number of nitrogens with zero attached hydrogens (tertiary/aromatic N) is 2. The van der Waals surface area contributed by atoms with Crippen LogP contribution in [0.25, 0.3) is 11.5 Å². The van der Waals surface area contributed by atoms with Gasteiger partial charge in [-0.3, -0.25) is 0 Å². The van der Waals surface area contributed by atoms with Gasteiger partial charge >= 0.3 is 0 Å². The number of methoxy groups -OCH3 is 2. The summed E-state index contributed by atoms with van der Waals surface area (Å²) in [5.74, 6) is 2.54. The smallest absolute Gasteiger partial charge is 0.277 e. The molecule has 0 amide bonds. The summed E-state index contributed by atoms with van der Waals surface area (Å²) < 4.78 is 16.3. The molecule has 0 fully saturated rings. The van der Waals surface area contributed by atoms with Gasteiger partial charge in [0.15, 0.2) is 11.5 Å². The zero-order chi connectivity index (χ0) is 16.9. The van der Waals surface area contributed by atoms with Gasteiger partial charge in [-0.25, -0.2) is 0 Å². The molecule has 3 aromatic rings. The average Bonchev–Trinajstić information content (AvgIpc) is 3.08. The molecule has 0 radical (unpaired) electrons. The Kier molecular flexibility index (Phi) is 5.05. The zero-order valence-corrected chi connectivity index (χ0v) is 14.6. The molecule has 0 saturated heterocycles. The standard InChI is InChI=1S/C18H18N2O3S/c1-12-5-4-6-13(9-12)11-24-18-20-19-17(23-18)14-7-8-15(21-2)16(10-14)22-3/h4-10H,11H2,1-3H3. The monoisotopic (exact) mass is 342 g/mol. The molecule has 0 bridgehead atoms. The van der Waals surface area contributed by atoms with E-state index in [4.69, 9.17) is 13.9 Å². The topological polar surface area (TPSA) is 57.4 Å². The second kappa shape index (κ2) is 7.40. The highest BCUT2D eigenvalue weighted by Crippen LogP contribution is 2.33. The van der Waals surface area contributed by atoms with Gasteiger partial charge in [-0.2, -0.15) is 0 Å². The molecule has 0 unspecified atom stereocenters. The molecule has 6 heteroatoms. The van der Waals surface area contributed by atoms with E-state index in [9.17, 15) is 0 Å². The number of benzene rings is 2. The molecular formula is C18H18N2O3S. The summed E-state index contributed by atoms with van der Waals surface area (Å²) in [5, 5.41) is 8.76. The van der Waals surface area contributed by atoms with Crippen molar-refractivity contribution in [2.45, 2.75) is 17.9 Å². The minimum Gasteiger partial charge on any atom is -0.493 e. The van der Waals surface area contributed by atoms with Crippen LogP contribution in [-0.2, 0) is 5.75 Å². The SMILES string of the molecule is COc1ccc(-c2nnc(SCc3cccc(C)c3)o2)cc1OC. The Balaban J connectivity index is 1.73. The van der Waals surface area contributed by atoms with Gasteiger partial charge in [0.05, 0.1) is 14.2 Å². The molecule has 1 aromatic heterocycles. The van der Waals surface area contributed by atoms with Crippen molar-refractivity contribution in [3.63, 3.8) is 0 Å². The van der Waals surface area contributed by atoms with Gasteiger partial charge in [0.25, 0.3) is 5.22 Å². The Labute approximate surface area is 145 Å². The number of hydrogen-bond acceptors (Lipinski definition) is 6. The normalized spacial score (nSPS) is 10.6. The van der Waals surface area contributed by atoms with Crippen LogP contribution >= 0.6 is 11.8 Å². The summed E-state index contributed by atoms with van der Waals surface area (Å²) in [4.78, 5) is 0. The molecule has 1 heterocycles. The van der Waals surface area contributed by atoms with Gasteiger partial charge in [-0.15, -0.1) is 10.2 Å². The maximum absolute atomic E-state index is 5.74. The lowest BCUT2D eigenvalue weighted by atomic mass is 10.2. The Morgan fingerprint density at radius 1 is 1.00 bits per heavy atom. The molecule has 124 valence electrons. The molecule has 0 saturated carbocycles. The Morgan fingerprint density at radius 3 is 2.58 bits per heavy atom. The summed E-state index contributed by atoms with van der Waals surface area (Å²) >= 11 is 1.52. The molecule has 24 heavy (non-hydrogen) atoms. The van der Waals surface area contributed by atoms with Crippen molar-refractivity contribution in [2.24, 2.45) is 0 Å². The highest BCUT2D eigenvalue weighted by molar-refractivity contribution is 7.98. The third-order valence-corrected chi connectivity index (χ3v) is 4.37. The third-order valence-electron chi connectivity index (χ3n) is 3.48. The van der Waals surface area contributed by atoms with Gasteiger partial charge in [0, 0.05) is 11.3 Å². The maximum atomic E-state index is 5.74. The molecule has 0 atom stereocenters. The molecule has 0 aliphatic carbocycles. The Bertz CT molecular complexity index is 833. The fourth-order valence-corrected chi connectivity index (χ4v) is 3.01. The van der Waals surface area contributed by atoms with Crippen molar-refractivity contribution in [1.82, 2.24) is 10.2 Å². The van der Waals surface area contributed by atoms with Crippen LogP contribution < -0.4 is 9.47 Å². The van der Waals surface area contributed by atoms with E-state index in [1.165, 1.54) is 22.9 Å². The number of thioether (sulfide) groups is 1. The number of aromatic nitrogens is 2. The fourth-order valence-electron chi connectivity index (χ4n) is 2.30. The lowest BCUT2D eigenvalue weighted by Gasteiger charge is -2.07. The first-order valence-electron chi connectivity index (χ1n) is 7.44. The zero-order valence-electron chi connectivity index (χ0n) is 13.8. The lowest BCUT2D eigenvalue weighted by molar-refractivity contribution is 0.355. The van der Waals surface area contributed by atoms with Crippen LogP contribution in [-0.4, -0.2) is 24.4 Å². The van der Waals surface area contributed by atoms with E-state index in [1.807, 2.05) is 24.3 Å². The molecule has 0 aliphatic heterocycles. The molecular weight excluding hydrogens is 324 g/mol. The summed E-state index contributed by atoms with van der Waals surface area (Å²) in [6.45, 7) is 2.08. The van der Waals surface area contributed by atoms with Crippen molar-refractivity contribution in [2.75, 3.05) is 14.2 Å². The lowest BCUT2D eigenvalue weighted by Crippen LogP contribution is -1.90. The van der Waals surface area contributed by atoms with Crippen molar-refractivity contribution >= 4 is 11.8 Å². The predicted octanol–water partition coefficient (Wildman–Crippen LogP) is 4.35. The van der Waals surface area contributed by atoms with Crippen LogP contribution in [0.5, 0.6) is 11.5 Å². The van der Waals surface area contributed by atoms with Crippen LogP contribution in [0.15, 0.2) is 52.1 Å². The molecule has 0 spiro atoms. The summed E-state index contributed by atoms with van der Waals surface area (Å²) in [6.07, 6.45) is 0. The first kappa shape index (κ1) is 16.4. The van der Waals surface area contributed by atoms with E-state index in [2.05, 4.69) is 35.3 Å². The summed E-state index contributed by atoms with van der Waals surface area (Å²) in [5.41, 5.74) is 3.26. The van der Waals surface area contributed by atoms with Crippen LogP contribution in [0, 0.1) is 6.92 Å². The quantitative estimate of drug-likeness (QED) is 0.621. The Hall–Kier alpha value is -2.47. The second-order valence-corrected chi connectivity index (χ2v) is 6.15. The number of rotatable bonds is 6. The van der Waals surface area contributed by atoms with Crippen molar-refractivity contribution < 1.29 is 13.9 Å². The van der Waals surface area contributed by atoms with Crippen LogP contribution in [0.1, 0.15) is 11.1 Å². The summed E-state index contributed by atoms with van der Waals surface area (Å²) in [6, 6.07) is 13.9.